The van der Waals surface area contributed by atoms with E-state index in [9.17, 15) is 9.59 Å². The molecule has 1 aromatic carbocycles. The molecule has 3 rings (SSSR count). The number of fused-ring (bicyclic) bond motifs is 1. The van der Waals surface area contributed by atoms with Crippen molar-refractivity contribution in [2.75, 3.05) is 18.8 Å². The van der Waals surface area contributed by atoms with Crippen LogP contribution in [0.1, 0.15) is 13.8 Å². The zero-order valence-corrected chi connectivity index (χ0v) is 16.9. The van der Waals surface area contributed by atoms with Gasteiger partial charge in [0.2, 0.25) is 5.91 Å². The van der Waals surface area contributed by atoms with Crippen molar-refractivity contribution in [3.63, 3.8) is 0 Å². The Labute approximate surface area is 167 Å². The van der Waals surface area contributed by atoms with Gasteiger partial charge in [0, 0.05) is 24.7 Å². The molecule has 1 aliphatic heterocycles. The number of rotatable bonds is 5. The Kier molecular flexibility index (Phi) is 6.24. The lowest BCUT2D eigenvalue weighted by atomic mass is 10.2. The summed E-state index contributed by atoms with van der Waals surface area (Å²) < 4.78 is 7.20. The van der Waals surface area contributed by atoms with Crippen LogP contribution in [0.2, 0.25) is 5.02 Å². The molecule has 8 heteroatoms. The molecule has 1 aliphatic rings. The Hall–Kier alpha value is -1.83. The van der Waals surface area contributed by atoms with Gasteiger partial charge in [-0.3, -0.25) is 14.2 Å². The third-order valence-corrected chi connectivity index (χ3v) is 5.49. The molecule has 2 heterocycles. The number of halogens is 1. The van der Waals surface area contributed by atoms with Crippen molar-refractivity contribution in [2.24, 2.45) is 0 Å². The topological polar surface area (TPSA) is 64.4 Å². The second kappa shape index (κ2) is 8.46. The van der Waals surface area contributed by atoms with Crippen LogP contribution in [0, 0.1) is 0 Å². The van der Waals surface area contributed by atoms with Crippen LogP contribution in [0.5, 0.6) is 0 Å². The van der Waals surface area contributed by atoms with Crippen LogP contribution in [0.3, 0.4) is 0 Å². The van der Waals surface area contributed by atoms with Gasteiger partial charge in [-0.25, -0.2) is 4.98 Å². The van der Waals surface area contributed by atoms with Crippen LogP contribution in [-0.4, -0.2) is 51.4 Å². The average Bonchev–Trinajstić information content (AvgIpc) is 2.62. The van der Waals surface area contributed by atoms with Crippen LogP contribution < -0.4 is 5.56 Å². The maximum absolute atomic E-state index is 12.8. The number of hydrogen-bond donors (Lipinski definition) is 0. The summed E-state index contributed by atoms with van der Waals surface area (Å²) in [4.78, 5) is 31.8. The van der Waals surface area contributed by atoms with Crippen molar-refractivity contribution in [1.82, 2.24) is 14.5 Å². The van der Waals surface area contributed by atoms with E-state index in [2.05, 4.69) is 11.6 Å². The number of carbonyl (C=O) groups excluding carboxylic acids is 1. The fourth-order valence-corrected chi connectivity index (χ4v) is 4.26. The van der Waals surface area contributed by atoms with E-state index in [1.807, 2.05) is 18.7 Å². The van der Waals surface area contributed by atoms with Crippen molar-refractivity contribution in [3.8, 4) is 0 Å². The lowest BCUT2D eigenvalue weighted by Crippen LogP contribution is -2.48. The summed E-state index contributed by atoms with van der Waals surface area (Å²) >= 11 is 7.27. The summed E-state index contributed by atoms with van der Waals surface area (Å²) in [6, 6.07) is 5.03. The quantitative estimate of drug-likeness (QED) is 0.433. The first-order valence-corrected chi connectivity index (χ1v) is 10.1. The minimum atomic E-state index is -0.189. The Balaban J connectivity index is 1.84. The molecule has 0 unspecified atom stereocenters. The van der Waals surface area contributed by atoms with Crippen LogP contribution in [0.15, 0.2) is 40.8 Å². The van der Waals surface area contributed by atoms with Crippen LogP contribution in [0.4, 0.5) is 0 Å². The molecule has 0 aliphatic carbocycles. The number of aromatic nitrogens is 2. The Morgan fingerprint density at radius 3 is 2.78 bits per heavy atom. The number of nitrogens with zero attached hydrogens (tertiary/aromatic N) is 3. The summed E-state index contributed by atoms with van der Waals surface area (Å²) in [7, 11) is 0. The number of allylic oxidation sites excluding steroid dienone is 1. The highest BCUT2D eigenvalue weighted by Gasteiger charge is 2.26. The second-order valence-electron chi connectivity index (χ2n) is 6.60. The fourth-order valence-electron chi connectivity index (χ4n) is 3.17. The summed E-state index contributed by atoms with van der Waals surface area (Å²) in [6.45, 7) is 9.10. The summed E-state index contributed by atoms with van der Waals surface area (Å²) in [5.74, 6) is 0.222. The number of carbonyl (C=O) groups is 1. The number of hydrogen-bond acceptors (Lipinski definition) is 5. The van der Waals surface area contributed by atoms with Gasteiger partial charge in [0.1, 0.15) is 0 Å². The lowest BCUT2D eigenvalue weighted by Gasteiger charge is -2.35. The first-order valence-electron chi connectivity index (χ1n) is 8.76. The zero-order valence-electron chi connectivity index (χ0n) is 15.4. The number of thioether (sulfide) groups is 1. The van der Waals surface area contributed by atoms with Gasteiger partial charge >= 0.3 is 0 Å². The predicted molar refractivity (Wildman–Crippen MR) is 109 cm³/mol. The van der Waals surface area contributed by atoms with Crippen LogP contribution in [-0.2, 0) is 16.1 Å². The molecule has 0 spiro atoms. The Bertz CT molecular complexity index is 920. The van der Waals surface area contributed by atoms with E-state index < -0.39 is 0 Å². The first-order chi connectivity index (χ1) is 12.9. The Morgan fingerprint density at radius 1 is 1.41 bits per heavy atom. The van der Waals surface area contributed by atoms with E-state index in [0.29, 0.717) is 40.7 Å². The van der Waals surface area contributed by atoms with E-state index >= 15 is 0 Å². The van der Waals surface area contributed by atoms with Crippen molar-refractivity contribution in [3.05, 3.63) is 46.2 Å². The van der Waals surface area contributed by atoms with E-state index in [1.165, 1.54) is 16.3 Å². The highest BCUT2D eigenvalue weighted by Crippen LogP contribution is 2.21. The molecule has 1 fully saturated rings. The molecule has 6 nitrogen and oxygen atoms in total. The molecular weight excluding hydrogens is 386 g/mol. The minimum absolute atomic E-state index is 0.0117. The SMILES string of the molecule is C=CCn1c(SCC(=O)N2C[C@H](C)O[C@@H](C)C2)nc2ccc(Cl)cc2c1=O. The van der Waals surface area contributed by atoms with E-state index in [4.69, 9.17) is 16.3 Å². The van der Waals surface area contributed by atoms with Gasteiger partial charge in [0.15, 0.2) is 5.16 Å². The van der Waals surface area contributed by atoms with Crippen molar-refractivity contribution in [2.45, 2.75) is 37.8 Å². The van der Waals surface area contributed by atoms with E-state index in [0.717, 1.165) is 0 Å². The predicted octanol–water partition coefficient (Wildman–Crippen LogP) is 2.96. The number of amides is 1. The number of ether oxygens (including phenoxy) is 1. The monoisotopic (exact) mass is 407 g/mol. The standard InChI is InChI=1S/C19H22ClN3O3S/c1-4-7-23-18(25)15-8-14(20)5-6-16(15)21-19(23)27-11-17(24)22-9-12(2)26-13(3)10-22/h4-6,8,12-13H,1,7,9-11H2,2-3H3/t12-,13-/m0/s1. The van der Waals surface area contributed by atoms with Crippen molar-refractivity contribution >= 4 is 40.2 Å². The molecule has 1 aromatic heterocycles. The molecule has 2 atom stereocenters. The molecule has 0 N–H and O–H groups in total. The third kappa shape index (κ3) is 4.54. The van der Waals surface area contributed by atoms with E-state index in [1.54, 1.807) is 24.3 Å². The summed E-state index contributed by atoms with van der Waals surface area (Å²) in [5, 5.41) is 1.44. The minimum Gasteiger partial charge on any atom is -0.372 e. The largest absolute Gasteiger partial charge is 0.372 e. The molecule has 1 amide bonds. The molecule has 0 saturated carbocycles. The second-order valence-corrected chi connectivity index (χ2v) is 7.98. The van der Waals surface area contributed by atoms with E-state index in [-0.39, 0.29) is 29.4 Å². The molecule has 27 heavy (non-hydrogen) atoms. The maximum Gasteiger partial charge on any atom is 0.262 e. The van der Waals surface area contributed by atoms with Crippen molar-refractivity contribution < 1.29 is 9.53 Å². The molecule has 0 bridgehead atoms. The molecule has 144 valence electrons. The van der Waals surface area contributed by atoms with Gasteiger partial charge in [-0.05, 0) is 32.0 Å². The van der Waals surface area contributed by atoms with Crippen LogP contribution in [0.25, 0.3) is 10.9 Å². The fraction of sp³-hybridized carbons (Fsp3) is 0.421. The third-order valence-electron chi connectivity index (χ3n) is 4.29. The highest BCUT2D eigenvalue weighted by molar-refractivity contribution is 7.99. The van der Waals surface area contributed by atoms with Gasteiger partial charge in [-0.15, -0.1) is 6.58 Å². The van der Waals surface area contributed by atoms with Gasteiger partial charge in [0.05, 0.1) is 28.9 Å². The van der Waals surface area contributed by atoms with Crippen molar-refractivity contribution in [1.29, 1.82) is 0 Å². The Morgan fingerprint density at radius 2 is 2.11 bits per heavy atom. The normalized spacial score (nSPS) is 20.0. The smallest absolute Gasteiger partial charge is 0.262 e. The lowest BCUT2D eigenvalue weighted by molar-refractivity contribution is -0.140. The molecule has 2 aromatic rings. The average molecular weight is 408 g/mol. The first kappa shape index (κ1) is 19.9. The molecule has 0 radical (unpaired) electrons. The van der Waals surface area contributed by atoms with Gasteiger partial charge in [0.25, 0.3) is 5.56 Å². The van der Waals surface area contributed by atoms with Gasteiger partial charge < -0.3 is 9.64 Å². The van der Waals surface area contributed by atoms with Crippen LogP contribution >= 0.6 is 23.4 Å². The van der Waals surface area contributed by atoms with Gasteiger partial charge in [-0.2, -0.15) is 0 Å². The molecule has 1 saturated heterocycles. The highest BCUT2D eigenvalue weighted by atomic mass is 35.5. The molecular formula is C19H22ClN3O3S. The summed E-state index contributed by atoms with van der Waals surface area (Å²) in [5.41, 5.74) is 0.374. The maximum atomic E-state index is 12.8. The summed E-state index contributed by atoms with van der Waals surface area (Å²) in [6.07, 6.45) is 1.67. The zero-order chi connectivity index (χ0) is 19.6. The van der Waals surface area contributed by atoms with Gasteiger partial charge in [-0.1, -0.05) is 29.4 Å². The number of benzene rings is 1. The number of morpholine rings is 1.